The highest BCUT2D eigenvalue weighted by atomic mass is 35.5. The molecule has 1 fully saturated rings. The van der Waals surface area contributed by atoms with Crippen LogP contribution in [0.5, 0.6) is 0 Å². The third-order valence-electron chi connectivity index (χ3n) is 5.30. The molecule has 1 atom stereocenters. The molecule has 2 aliphatic rings. The summed E-state index contributed by atoms with van der Waals surface area (Å²) < 4.78 is 0. The number of likely N-dealkylation sites (N-methyl/N-ethyl adjacent to an activating group) is 1. The molecule has 2 aromatic rings. The fraction of sp³-hybridized carbons (Fsp3) is 0.304. The van der Waals surface area contributed by atoms with Gasteiger partial charge in [-0.25, -0.2) is 9.59 Å². The van der Waals surface area contributed by atoms with Crippen LogP contribution >= 0.6 is 23.4 Å². The largest absolute Gasteiger partial charge is 0.478 e. The fourth-order valence-electron chi connectivity index (χ4n) is 3.70. The number of halogens is 1. The number of carboxylic acids is 2. The Kier molecular flexibility index (Phi) is 8.15. The lowest BCUT2D eigenvalue weighted by atomic mass is 9.96. The van der Waals surface area contributed by atoms with Gasteiger partial charge in [0.15, 0.2) is 0 Å². The first kappa shape index (κ1) is 23.3. The van der Waals surface area contributed by atoms with E-state index in [1.807, 2.05) is 17.8 Å². The second-order valence-electron chi connectivity index (χ2n) is 7.44. The van der Waals surface area contributed by atoms with Crippen LogP contribution in [0.4, 0.5) is 0 Å². The van der Waals surface area contributed by atoms with E-state index >= 15 is 0 Å². The Morgan fingerprint density at radius 3 is 2.29 bits per heavy atom. The Balaban J connectivity index is 0.000000293. The summed E-state index contributed by atoms with van der Waals surface area (Å²) in [6, 6.07) is 15.6. The molecular weight excluding hydrogens is 436 g/mol. The average Bonchev–Trinajstić information content (AvgIpc) is 2.91. The highest BCUT2D eigenvalue weighted by molar-refractivity contribution is 7.99. The van der Waals surface area contributed by atoms with Gasteiger partial charge >= 0.3 is 11.9 Å². The monoisotopic (exact) mass is 460 g/mol. The van der Waals surface area contributed by atoms with Crippen LogP contribution < -0.4 is 0 Å². The third-order valence-corrected chi connectivity index (χ3v) is 7.01. The first-order valence-corrected chi connectivity index (χ1v) is 11.2. The molecular formula is C23H25ClN2O4S. The average molecular weight is 461 g/mol. The normalized spacial score (nSPS) is 19.0. The zero-order valence-corrected chi connectivity index (χ0v) is 18.8. The molecule has 1 saturated heterocycles. The van der Waals surface area contributed by atoms with Gasteiger partial charge in [-0.3, -0.25) is 4.90 Å². The van der Waals surface area contributed by atoms with Crippen molar-refractivity contribution in [2.45, 2.75) is 22.3 Å². The smallest absolute Gasteiger partial charge is 0.328 e. The standard InChI is InChI=1S/C19H21ClN2S.C4H4O4/c1-21-9-11-22(12-10-21)17-13-14-5-2-3-8-18(14)23-19-15(17)6-4-7-16(19)20;5-3(6)1-2-4(7)8/h2-8,17H,9-13H2,1H3;1-2H,(H,5,6)(H,7,8)/b;2-1-. The van der Waals surface area contributed by atoms with Crippen LogP contribution in [0.15, 0.2) is 64.4 Å². The maximum atomic E-state index is 9.55. The van der Waals surface area contributed by atoms with E-state index < -0.39 is 11.9 Å². The summed E-state index contributed by atoms with van der Waals surface area (Å²) in [6.45, 7) is 4.53. The van der Waals surface area contributed by atoms with Gasteiger partial charge in [0, 0.05) is 54.2 Å². The summed E-state index contributed by atoms with van der Waals surface area (Å²) in [7, 11) is 2.21. The van der Waals surface area contributed by atoms with Crippen molar-refractivity contribution in [1.29, 1.82) is 0 Å². The molecule has 0 bridgehead atoms. The highest BCUT2D eigenvalue weighted by Crippen LogP contribution is 2.45. The van der Waals surface area contributed by atoms with Crippen molar-refractivity contribution in [3.8, 4) is 0 Å². The number of piperazine rings is 1. The van der Waals surface area contributed by atoms with Crippen molar-refractivity contribution in [1.82, 2.24) is 9.80 Å². The summed E-state index contributed by atoms with van der Waals surface area (Å²) in [5, 5.41) is 16.5. The van der Waals surface area contributed by atoms with Gasteiger partial charge in [0.2, 0.25) is 0 Å². The number of nitrogens with zero attached hydrogens (tertiary/aromatic N) is 2. The van der Waals surface area contributed by atoms with Crippen molar-refractivity contribution >= 4 is 35.3 Å². The molecule has 4 rings (SSSR count). The molecule has 31 heavy (non-hydrogen) atoms. The number of rotatable bonds is 3. The molecule has 0 spiro atoms. The van der Waals surface area contributed by atoms with E-state index in [0.29, 0.717) is 18.2 Å². The maximum Gasteiger partial charge on any atom is 0.328 e. The number of hydrogen-bond donors (Lipinski definition) is 2. The lowest BCUT2D eigenvalue weighted by Crippen LogP contribution is -2.46. The molecule has 2 heterocycles. The van der Waals surface area contributed by atoms with Crippen molar-refractivity contribution in [3.63, 3.8) is 0 Å². The van der Waals surface area contributed by atoms with E-state index in [1.54, 1.807) is 0 Å². The Morgan fingerprint density at radius 1 is 1.00 bits per heavy atom. The van der Waals surface area contributed by atoms with E-state index in [0.717, 1.165) is 37.6 Å². The second kappa shape index (κ2) is 10.8. The van der Waals surface area contributed by atoms with Crippen LogP contribution in [-0.4, -0.2) is 65.2 Å². The van der Waals surface area contributed by atoms with Gasteiger partial charge in [-0.1, -0.05) is 53.7 Å². The van der Waals surface area contributed by atoms with Gasteiger partial charge < -0.3 is 15.1 Å². The van der Waals surface area contributed by atoms with Crippen molar-refractivity contribution in [3.05, 3.63) is 70.8 Å². The molecule has 6 nitrogen and oxygen atoms in total. The molecule has 2 aromatic carbocycles. The Morgan fingerprint density at radius 2 is 1.65 bits per heavy atom. The van der Waals surface area contributed by atoms with Crippen LogP contribution in [0, 0.1) is 0 Å². The number of fused-ring (bicyclic) bond motifs is 2. The number of benzene rings is 2. The molecule has 2 aliphatic heterocycles. The highest BCUT2D eigenvalue weighted by Gasteiger charge is 2.30. The lowest BCUT2D eigenvalue weighted by Gasteiger charge is -2.38. The van der Waals surface area contributed by atoms with Crippen molar-refractivity contribution in [2.75, 3.05) is 33.2 Å². The summed E-state index contributed by atoms with van der Waals surface area (Å²) in [6.07, 6.45) is 2.19. The molecule has 2 N–H and O–H groups in total. The predicted molar refractivity (Wildman–Crippen MR) is 122 cm³/mol. The minimum atomic E-state index is -1.26. The molecule has 0 saturated carbocycles. The summed E-state index contributed by atoms with van der Waals surface area (Å²) in [5.41, 5.74) is 2.83. The molecule has 164 valence electrons. The predicted octanol–water partition coefficient (Wildman–Crippen LogP) is 4.05. The van der Waals surface area contributed by atoms with Gasteiger partial charge in [-0.2, -0.15) is 0 Å². The van der Waals surface area contributed by atoms with Gasteiger partial charge in [0.05, 0.1) is 5.02 Å². The molecule has 1 unspecified atom stereocenters. The van der Waals surface area contributed by atoms with Crippen LogP contribution in [0.1, 0.15) is 17.2 Å². The van der Waals surface area contributed by atoms with Gasteiger partial charge in [-0.05, 0) is 36.7 Å². The Hall–Kier alpha value is -2.32. The first-order valence-electron chi connectivity index (χ1n) is 9.96. The van der Waals surface area contributed by atoms with E-state index in [2.05, 4.69) is 53.2 Å². The molecule has 0 amide bonds. The number of carboxylic acid groups (broad SMARTS) is 2. The van der Waals surface area contributed by atoms with Crippen molar-refractivity contribution in [2.24, 2.45) is 0 Å². The summed E-state index contributed by atoms with van der Waals surface area (Å²) in [5.74, 6) is -2.51. The van der Waals surface area contributed by atoms with E-state index in [1.165, 1.54) is 20.9 Å². The second-order valence-corrected chi connectivity index (χ2v) is 8.90. The topological polar surface area (TPSA) is 81.1 Å². The van der Waals surface area contributed by atoms with E-state index in [-0.39, 0.29) is 0 Å². The van der Waals surface area contributed by atoms with E-state index in [4.69, 9.17) is 21.8 Å². The zero-order valence-electron chi connectivity index (χ0n) is 17.2. The van der Waals surface area contributed by atoms with Crippen LogP contribution in [0.25, 0.3) is 0 Å². The quantitative estimate of drug-likeness (QED) is 0.669. The Bertz CT molecular complexity index is 958. The van der Waals surface area contributed by atoms with Gasteiger partial charge in [-0.15, -0.1) is 0 Å². The third kappa shape index (κ3) is 6.33. The molecule has 0 aromatic heterocycles. The lowest BCUT2D eigenvalue weighted by molar-refractivity contribution is -0.134. The SMILES string of the molecule is CN1CCN(C2Cc3ccccc3Sc3c(Cl)cccc32)CC1.O=C(O)/C=C\C(=O)O. The minimum Gasteiger partial charge on any atom is -0.478 e. The van der Waals surface area contributed by atoms with Gasteiger partial charge in [0.25, 0.3) is 0 Å². The fourth-order valence-corrected chi connectivity index (χ4v) is 5.13. The number of aliphatic carboxylic acids is 2. The zero-order chi connectivity index (χ0) is 22.4. The molecule has 8 heteroatoms. The minimum absolute atomic E-state index is 0.425. The molecule has 0 aliphatic carbocycles. The number of hydrogen-bond acceptors (Lipinski definition) is 5. The molecule has 0 radical (unpaired) electrons. The van der Waals surface area contributed by atoms with Crippen LogP contribution in [-0.2, 0) is 16.0 Å². The van der Waals surface area contributed by atoms with E-state index in [9.17, 15) is 9.59 Å². The van der Waals surface area contributed by atoms with Crippen molar-refractivity contribution < 1.29 is 19.8 Å². The number of carbonyl (C=O) groups is 2. The van der Waals surface area contributed by atoms with Crippen LogP contribution in [0.3, 0.4) is 0 Å². The van der Waals surface area contributed by atoms with Gasteiger partial charge in [0.1, 0.15) is 0 Å². The summed E-state index contributed by atoms with van der Waals surface area (Å²) >= 11 is 8.39. The first-order chi connectivity index (χ1) is 14.8. The summed E-state index contributed by atoms with van der Waals surface area (Å²) in [4.78, 5) is 26.7. The maximum absolute atomic E-state index is 9.55. The Labute approximate surface area is 191 Å². The van der Waals surface area contributed by atoms with Crippen LogP contribution in [0.2, 0.25) is 5.02 Å².